The van der Waals surface area contributed by atoms with Crippen molar-refractivity contribution in [3.63, 3.8) is 0 Å². The average Bonchev–Trinajstić information content (AvgIpc) is 3.24. The van der Waals surface area contributed by atoms with Crippen LogP contribution in [0.5, 0.6) is 0 Å². The number of nitrogens with one attached hydrogen (secondary N) is 2. The molecule has 0 aliphatic carbocycles. The van der Waals surface area contributed by atoms with Crippen molar-refractivity contribution in [2.24, 2.45) is 0 Å². The van der Waals surface area contributed by atoms with Crippen LogP contribution in [0, 0.1) is 20.8 Å². The Hall–Kier alpha value is -2.48. The summed E-state index contributed by atoms with van der Waals surface area (Å²) in [7, 11) is 0. The number of rotatable bonds is 5. The highest BCUT2D eigenvalue weighted by Crippen LogP contribution is 2.32. The molecule has 2 N–H and O–H groups in total. The van der Waals surface area contributed by atoms with Gasteiger partial charge in [0.1, 0.15) is 21.5 Å². The highest BCUT2D eigenvalue weighted by atomic mass is 32.1. The van der Waals surface area contributed by atoms with Crippen LogP contribution in [0.3, 0.4) is 0 Å². The van der Waals surface area contributed by atoms with Crippen molar-refractivity contribution in [1.82, 2.24) is 25.4 Å². The van der Waals surface area contributed by atoms with E-state index in [2.05, 4.69) is 25.4 Å². The first-order valence-corrected chi connectivity index (χ1v) is 8.52. The first-order valence-electron chi connectivity index (χ1n) is 7.71. The summed E-state index contributed by atoms with van der Waals surface area (Å²) < 4.78 is 5.18. The van der Waals surface area contributed by atoms with Crippen molar-refractivity contribution in [3.05, 3.63) is 39.7 Å². The Morgan fingerprint density at radius 1 is 1.33 bits per heavy atom. The lowest BCUT2D eigenvalue weighted by molar-refractivity contribution is 0.0953. The van der Waals surface area contributed by atoms with Crippen LogP contribution in [0.4, 0.5) is 0 Å². The molecule has 0 spiro atoms. The van der Waals surface area contributed by atoms with Gasteiger partial charge >= 0.3 is 0 Å². The number of thiazole rings is 1. The lowest BCUT2D eigenvalue weighted by Crippen LogP contribution is -2.22. The Balaban J connectivity index is 1.76. The third-order valence-electron chi connectivity index (χ3n) is 3.71. The minimum atomic E-state index is -0.143. The van der Waals surface area contributed by atoms with E-state index in [4.69, 9.17) is 4.52 Å². The number of carbonyl (C=O) groups excluding carboxylic acids is 1. The average molecular weight is 345 g/mol. The summed E-state index contributed by atoms with van der Waals surface area (Å²) in [6, 6.07) is 0. The van der Waals surface area contributed by atoms with Gasteiger partial charge in [0.25, 0.3) is 5.91 Å². The monoisotopic (exact) mass is 345 g/mol. The third-order valence-corrected chi connectivity index (χ3v) is 4.88. The number of hydrogen-bond acceptors (Lipinski definition) is 6. The molecule has 0 radical (unpaired) electrons. The molecule has 0 unspecified atom stereocenters. The highest BCUT2D eigenvalue weighted by molar-refractivity contribution is 7.17. The van der Waals surface area contributed by atoms with Crippen LogP contribution in [0.15, 0.2) is 10.7 Å². The van der Waals surface area contributed by atoms with Crippen LogP contribution in [0.2, 0.25) is 0 Å². The maximum absolute atomic E-state index is 12.5. The first-order chi connectivity index (χ1) is 11.5. The number of imidazole rings is 1. The van der Waals surface area contributed by atoms with Crippen LogP contribution in [0.25, 0.3) is 10.6 Å². The van der Waals surface area contributed by atoms with Gasteiger partial charge in [0.15, 0.2) is 0 Å². The summed E-state index contributed by atoms with van der Waals surface area (Å²) in [4.78, 5) is 25.0. The van der Waals surface area contributed by atoms with Crippen molar-refractivity contribution in [2.45, 2.75) is 40.7 Å². The topological polar surface area (TPSA) is 96.7 Å². The fourth-order valence-corrected chi connectivity index (χ4v) is 3.56. The van der Waals surface area contributed by atoms with Crippen LogP contribution >= 0.6 is 11.3 Å². The number of carbonyl (C=O) groups is 1. The standard InChI is InChI=1S/C16H19N5O2S/c1-5-12-17-6-11(20-12)7-18-15(22)14-9(3)19-16(24-14)13-8(2)21-23-10(13)4/h6H,5,7H2,1-4H3,(H,17,20)(H,18,22). The van der Waals surface area contributed by atoms with Gasteiger partial charge in [0.05, 0.1) is 35.4 Å². The fourth-order valence-electron chi connectivity index (χ4n) is 2.43. The number of amides is 1. The van der Waals surface area contributed by atoms with Gasteiger partial charge in [-0.05, 0) is 20.8 Å². The van der Waals surface area contributed by atoms with Crippen molar-refractivity contribution >= 4 is 17.2 Å². The molecule has 3 aromatic rings. The molecule has 3 rings (SSSR count). The molecule has 0 aliphatic rings. The van der Waals surface area contributed by atoms with E-state index in [-0.39, 0.29) is 5.91 Å². The van der Waals surface area contributed by atoms with E-state index >= 15 is 0 Å². The number of hydrogen-bond donors (Lipinski definition) is 2. The molecular weight excluding hydrogens is 326 g/mol. The predicted molar refractivity (Wildman–Crippen MR) is 91.0 cm³/mol. The molecule has 7 nitrogen and oxygen atoms in total. The van der Waals surface area contributed by atoms with Gasteiger partial charge in [-0.1, -0.05) is 12.1 Å². The van der Waals surface area contributed by atoms with Gasteiger partial charge < -0.3 is 14.8 Å². The number of aryl methyl sites for hydroxylation is 4. The van der Waals surface area contributed by atoms with E-state index in [0.717, 1.165) is 34.2 Å². The van der Waals surface area contributed by atoms with E-state index < -0.39 is 0 Å². The molecule has 0 fully saturated rings. The van der Waals surface area contributed by atoms with E-state index in [1.54, 1.807) is 6.20 Å². The van der Waals surface area contributed by atoms with Crippen LogP contribution in [-0.2, 0) is 13.0 Å². The maximum Gasteiger partial charge on any atom is 0.263 e. The summed E-state index contributed by atoms with van der Waals surface area (Å²) in [6.07, 6.45) is 2.58. The zero-order valence-electron chi connectivity index (χ0n) is 14.1. The Kier molecular flexibility index (Phi) is 4.48. The molecule has 1 amide bonds. The molecule has 0 saturated carbocycles. The zero-order chi connectivity index (χ0) is 17.3. The van der Waals surface area contributed by atoms with Crippen molar-refractivity contribution in [2.75, 3.05) is 0 Å². The van der Waals surface area contributed by atoms with Gasteiger partial charge in [0, 0.05) is 6.42 Å². The largest absolute Gasteiger partial charge is 0.361 e. The summed E-state index contributed by atoms with van der Waals surface area (Å²) >= 11 is 1.35. The molecule has 3 heterocycles. The summed E-state index contributed by atoms with van der Waals surface area (Å²) in [5, 5.41) is 7.60. The molecule has 3 aromatic heterocycles. The van der Waals surface area contributed by atoms with Gasteiger partial charge in [-0.15, -0.1) is 11.3 Å². The Morgan fingerprint density at radius 2 is 2.12 bits per heavy atom. The minimum Gasteiger partial charge on any atom is -0.361 e. The van der Waals surface area contributed by atoms with E-state index in [1.165, 1.54) is 11.3 Å². The first kappa shape index (κ1) is 16.4. The third kappa shape index (κ3) is 3.09. The minimum absolute atomic E-state index is 0.143. The van der Waals surface area contributed by atoms with Crippen LogP contribution in [-0.4, -0.2) is 26.0 Å². The van der Waals surface area contributed by atoms with Crippen LogP contribution in [0.1, 0.15) is 45.3 Å². The molecule has 24 heavy (non-hydrogen) atoms. The summed E-state index contributed by atoms with van der Waals surface area (Å²) in [5.41, 5.74) is 3.22. The molecule has 126 valence electrons. The SMILES string of the molecule is CCc1ncc(CNC(=O)c2sc(-c3c(C)noc3C)nc2C)[nH]1. The van der Waals surface area contributed by atoms with E-state index in [0.29, 0.717) is 22.9 Å². The van der Waals surface area contributed by atoms with Gasteiger partial charge in [-0.25, -0.2) is 9.97 Å². The molecule has 0 aliphatic heterocycles. The maximum atomic E-state index is 12.5. The zero-order valence-corrected chi connectivity index (χ0v) is 14.9. The molecule has 0 aromatic carbocycles. The van der Waals surface area contributed by atoms with Gasteiger partial charge in [-0.3, -0.25) is 4.79 Å². The Bertz CT molecular complexity index is 858. The Morgan fingerprint density at radius 3 is 2.75 bits per heavy atom. The normalized spacial score (nSPS) is 11.0. The Labute approximate surface area is 143 Å². The lowest BCUT2D eigenvalue weighted by Gasteiger charge is -2.01. The molecule has 0 saturated heterocycles. The number of nitrogens with zero attached hydrogens (tertiary/aromatic N) is 3. The quantitative estimate of drug-likeness (QED) is 0.741. The number of H-pyrrole nitrogens is 1. The second-order valence-corrected chi connectivity index (χ2v) is 6.52. The van der Waals surface area contributed by atoms with Crippen LogP contribution < -0.4 is 5.32 Å². The highest BCUT2D eigenvalue weighted by Gasteiger charge is 2.20. The van der Waals surface area contributed by atoms with Gasteiger partial charge in [-0.2, -0.15) is 0 Å². The fraction of sp³-hybridized carbons (Fsp3) is 0.375. The second-order valence-electron chi connectivity index (χ2n) is 5.52. The lowest BCUT2D eigenvalue weighted by atomic mass is 10.2. The second kappa shape index (κ2) is 6.56. The van der Waals surface area contributed by atoms with Crippen molar-refractivity contribution in [3.8, 4) is 10.6 Å². The summed E-state index contributed by atoms with van der Waals surface area (Å²) in [6.45, 7) is 7.97. The molecule has 0 bridgehead atoms. The predicted octanol–water partition coefficient (Wildman–Crippen LogP) is 2.94. The van der Waals surface area contributed by atoms with Crippen molar-refractivity contribution in [1.29, 1.82) is 0 Å². The molecule has 0 atom stereocenters. The smallest absolute Gasteiger partial charge is 0.263 e. The summed E-state index contributed by atoms with van der Waals surface area (Å²) in [5.74, 6) is 1.47. The van der Waals surface area contributed by atoms with E-state index in [9.17, 15) is 4.79 Å². The molecule has 8 heteroatoms. The van der Waals surface area contributed by atoms with E-state index in [1.807, 2.05) is 27.7 Å². The molecular formula is C16H19N5O2S. The number of aromatic nitrogens is 4. The van der Waals surface area contributed by atoms with Gasteiger partial charge in [0.2, 0.25) is 0 Å². The van der Waals surface area contributed by atoms with Crippen molar-refractivity contribution < 1.29 is 9.32 Å². The number of aromatic amines is 1.